The van der Waals surface area contributed by atoms with Gasteiger partial charge in [0.15, 0.2) is 0 Å². The van der Waals surface area contributed by atoms with Crippen LogP contribution in [0.15, 0.2) is 0 Å². The number of unbranched alkanes of at least 4 members (excludes halogenated alkanes) is 2. The van der Waals surface area contributed by atoms with Gasteiger partial charge >= 0.3 is 5.97 Å². The van der Waals surface area contributed by atoms with Gasteiger partial charge in [0.25, 0.3) is 6.47 Å². The summed E-state index contributed by atoms with van der Waals surface area (Å²) >= 11 is 0. The molecule has 0 radical (unpaired) electrons. The summed E-state index contributed by atoms with van der Waals surface area (Å²) in [5.74, 6) is -0.451. The third-order valence-corrected chi connectivity index (χ3v) is 5.10. The highest BCUT2D eigenvalue weighted by atomic mass is 16.5. The zero-order valence-electron chi connectivity index (χ0n) is 14.6. The quantitative estimate of drug-likeness (QED) is 0.376. The molecule has 1 aliphatic rings. The monoisotopic (exact) mass is 328 g/mol. The lowest BCUT2D eigenvalue weighted by Gasteiger charge is -2.20. The standard InChI is InChI=1S/C18H32O5/c1-17(2,16(21)22)9-5-3-7-15(13-19)8-4-6-10-18(11-12-18)23-14-20/h14-15,19H,3-13H2,1-2H3,(H,21,22). The van der Waals surface area contributed by atoms with E-state index in [0.717, 1.165) is 57.8 Å². The number of aliphatic carboxylic acids is 1. The average molecular weight is 328 g/mol. The molecule has 0 aromatic rings. The number of hydrogen-bond acceptors (Lipinski definition) is 4. The molecule has 1 saturated carbocycles. The van der Waals surface area contributed by atoms with Gasteiger partial charge in [-0.2, -0.15) is 0 Å². The number of carbonyl (C=O) groups is 2. The first-order valence-electron chi connectivity index (χ1n) is 8.81. The van der Waals surface area contributed by atoms with Crippen molar-refractivity contribution in [2.24, 2.45) is 11.3 Å². The number of ether oxygens (including phenoxy) is 1. The highest BCUT2D eigenvalue weighted by Gasteiger charge is 2.44. The minimum atomic E-state index is -0.747. The van der Waals surface area contributed by atoms with Crippen LogP contribution in [0, 0.1) is 11.3 Å². The second kappa shape index (κ2) is 9.26. The predicted molar refractivity (Wildman–Crippen MR) is 88.0 cm³/mol. The van der Waals surface area contributed by atoms with Crippen molar-refractivity contribution in [3.63, 3.8) is 0 Å². The molecule has 5 nitrogen and oxygen atoms in total. The van der Waals surface area contributed by atoms with Crippen LogP contribution in [0.2, 0.25) is 0 Å². The fraction of sp³-hybridized carbons (Fsp3) is 0.889. The lowest BCUT2D eigenvalue weighted by Crippen LogP contribution is -2.23. The summed E-state index contributed by atoms with van der Waals surface area (Å²) in [6, 6.07) is 0. The Morgan fingerprint density at radius 1 is 1.22 bits per heavy atom. The van der Waals surface area contributed by atoms with E-state index >= 15 is 0 Å². The van der Waals surface area contributed by atoms with Crippen molar-refractivity contribution in [2.75, 3.05) is 6.61 Å². The Morgan fingerprint density at radius 3 is 2.30 bits per heavy atom. The Labute approximate surface area is 139 Å². The fourth-order valence-corrected chi connectivity index (χ4v) is 2.98. The molecule has 2 N–H and O–H groups in total. The Hall–Kier alpha value is -1.10. The molecule has 0 aliphatic heterocycles. The van der Waals surface area contributed by atoms with E-state index in [1.807, 2.05) is 0 Å². The molecular weight excluding hydrogens is 296 g/mol. The van der Waals surface area contributed by atoms with E-state index in [0.29, 0.717) is 18.8 Å². The number of carbonyl (C=O) groups excluding carboxylic acids is 1. The molecule has 0 saturated heterocycles. The molecule has 0 aromatic carbocycles. The lowest BCUT2D eigenvalue weighted by molar-refractivity contribution is -0.147. The van der Waals surface area contributed by atoms with Gasteiger partial charge < -0.3 is 14.9 Å². The summed E-state index contributed by atoms with van der Waals surface area (Å²) < 4.78 is 5.13. The minimum absolute atomic E-state index is 0.168. The minimum Gasteiger partial charge on any atom is -0.481 e. The van der Waals surface area contributed by atoms with Crippen molar-refractivity contribution in [3.05, 3.63) is 0 Å². The van der Waals surface area contributed by atoms with E-state index < -0.39 is 11.4 Å². The molecule has 1 fully saturated rings. The molecule has 0 bridgehead atoms. The van der Waals surface area contributed by atoms with Crippen molar-refractivity contribution < 1.29 is 24.5 Å². The third kappa shape index (κ3) is 7.34. The molecule has 0 amide bonds. The summed E-state index contributed by atoms with van der Waals surface area (Å²) in [6.07, 6.45) is 9.39. The number of carboxylic acids is 1. The molecule has 23 heavy (non-hydrogen) atoms. The highest BCUT2D eigenvalue weighted by molar-refractivity contribution is 5.73. The second-order valence-electron chi connectivity index (χ2n) is 7.63. The topological polar surface area (TPSA) is 83.8 Å². The Balaban J connectivity index is 2.10. The van der Waals surface area contributed by atoms with Gasteiger partial charge in [0, 0.05) is 6.61 Å². The van der Waals surface area contributed by atoms with Crippen molar-refractivity contribution in [3.8, 4) is 0 Å². The smallest absolute Gasteiger partial charge is 0.309 e. The van der Waals surface area contributed by atoms with Gasteiger partial charge in [-0.05, 0) is 64.7 Å². The van der Waals surface area contributed by atoms with Crippen molar-refractivity contribution >= 4 is 12.4 Å². The van der Waals surface area contributed by atoms with Gasteiger partial charge in [0.05, 0.1) is 5.41 Å². The molecule has 1 atom stereocenters. The maximum Gasteiger partial charge on any atom is 0.309 e. The van der Waals surface area contributed by atoms with E-state index in [1.54, 1.807) is 13.8 Å². The number of aliphatic hydroxyl groups is 1. The van der Waals surface area contributed by atoms with Crippen LogP contribution in [0.3, 0.4) is 0 Å². The molecule has 0 heterocycles. The summed E-state index contributed by atoms with van der Waals surface area (Å²) in [7, 11) is 0. The van der Waals surface area contributed by atoms with Gasteiger partial charge in [-0.25, -0.2) is 0 Å². The predicted octanol–water partition coefficient (Wildman–Crippen LogP) is 3.53. The van der Waals surface area contributed by atoms with Gasteiger partial charge in [0.1, 0.15) is 5.60 Å². The van der Waals surface area contributed by atoms with Crippen LogP contribution >= 0.6 is 0 Å². The average Bonchev–Trinajstić information content (AvgIpc) is 3.25. The molecular formula is C18H32O5. The number of rotatable bonds is 14. The molecule has 5 heteroatoms. The van der Waals surface area contributed by atoms with Crippen molar-refractivity contribution in [1.82, 2.24) is 0 Å². The van der Waals surface area contributed by atoms with Crippen LogP contribution < -0.4 is 0 Å². The molecule has 0 aromatic heterocycles. The van der Waals surface area contributed by atoms with Crippen LogP contribution in [0.1, 0.15) is 78.1 Å². The van der Waals surface area contributed by atoms with Gasteiger partial charge in [-0.15, -0.1) is 0 Å². The molecule has 1 aliphatic carbocycles. The Morgan fingerprint density at radius 2 is 1.83 bits per heavy atom. The number of carboxylic acid groups (broad SMARTS) is 1. The first-order valence-corrected chi connectivity index (χ1v) is 8.81. The molecule has 0 spiro atoms. The zero-order chi connectivity index (χ0) is 17.3. The first kappa shape index (κ1) is 19.9. The maximum atomic E-state index is 11.0. The largest absolute Gasteiger partial charge is 0.481 e. The van der Waals surface area contributed by atoms with Crippen molar-refractivity contribution in [1.29, 1.82) is 0 Å². The van der Waals surface area contributed by atoms with Crippen LogP contribution in [0.25, 0.3) is 0 Å². The van der Waals surface area contributed by atoms with E-state index in [1.165, 1.54) is 0 Å². The molecule has 1 unspecified atom stereocenters. The SMILES string of the molecule is CC(C)(CCCCC(CO)CCCCC1(OC=O)CC1)C(=O)O. The van der Waals surface area contributed by atoms with E-state index in [9.17, 15) is 14.7 Å². The molecule has 134 valence electrons. The fourth-order valence-electron chi connectivity index (χ4n) is 2.98. The van der Waals surface area contributed by atoms with E-state index in [4.69, 9.17) is 9.84 Å². The summed E-state index contributed by atoms with van der Waals surface area (Å²) in [4.78, 5) is 21.5. The van der Waals surface area contributed by atoms with Crippen LogP contribution in [-0.4, -0.2) is 34.9 Å². The van der Waals surface area contributed by atoms with E-state index in [-0.39, 0.29) is 12.2 Å². The highest BCUT2D eigenvalue weighted by Crippen LogP contribution is 2.43. The third-order valence-electron chi connectivity index (χ3n) is 5.10. The Kier molecular flexibility index (Phi) is 8.03. The number of aliphatic hydroxyl groups excluding tert-OH is 1. The van der Waals surface area contributed by atoms with Crippen LogP contribution in [0.4, 0.5) is 0 Å². The molecule has 1 rings (SSSR count). The van der Waals surface area contributed by atoms with Crippen molar-refractivity contribution in [2.45, 2.75) is 83.7 Å². The normalized spacial score (nSPS) is 17.5. The lowest BCUT2D eigenvalue weighted by atomic mass is 9.86. The summed E-state index contributed by atoms with van der Waals surface area (Å²) in [5.41, 5.74) is -0.829. The van der Waals surface area contributed by atoms with Gasteiger partial charge in [-0.3, -0.25) is 9.59 Å². The summed E-state index contributed by atoms with van der Waals surface area (Å²) in [6.45, 7) is 4.27. The van der Waals surface area contributed by atoms with E-state index in [2.05, 4.69) is 0 Å². The Bertz CT molecular complexity index is 374. The second-order valence-corrected chi connectivity index (χ2v) is 7.63. The van der Waals surface area contributed by atoms with Crippen LogP contribution in [0.5, 0.6) is 0 Å². The number of hydrogen-bond donors (Lipinski definition) is 2. The van der Waals surface area contributed by atoms with Gasteiger partial charge in [0.2, 0.25) is 0 Å². The first-order chi connectivity index (χ1) is 10.9. The zero-order valence-corrected chi connectivity index (χ0v) is 14.6. The maximum absolute atomic E-state index is 11.0. The van der Waals surface area contributed by atoms with Gasteiger partial charge in [-0.1, -0.05) is 19.3 Å². The van der Waals surface area contributed by atoms with Crippen LogP contribution in [-0.2, 0) is 14.3 Å². The summed E-state index contributed by atoms with van der Waals surface area (Å²) in [5, 5.41) is 18.5.